The van der Waals surface area contributed by atoms with Crippen molar-refractivity contribution in [2.45, 2.75) is 26.5 Å². The Morgan fingerprint density at radius 2 is 2.10 bits per heavy atom. The van der Waals surface area contributed by atoms with E-state index in [0.29, 0.717) is 19.5 Å². The molecule has 0 aliphatic carbocycles. The molecule has 0 saturated carbocycles. The standard InChI is InChI=1S/C22H23ClF2N2O2/c1-3-4-16(11-15(2)7-9-26)13-27-10-8-20(21(23)22(27)28)29-14-17-5-6-18(24)12-19(17)25/h3-6,8,10-12H,2,7,9,13-14,26H2,1H3/b4-3-,16-11+. The van der Waals surface area contributed by atoms with Gasteiger partial charge in [-0.05, 0) is 43.7 Å². The molecule has 0 radical (unpaired) electrons. The number of allylic oxidation sites excluding steroid dienone is 4. The molecule has 0 amide bonds. The summed E-state index contributed by atoms with van der Waals surface area (Å²) < 4.78 is 33.6. The first-order valence-electron chi connectivity index (χ1n) is 9.02. The molecule has 0 atom stereocenters. The van der Waals surface area contributed by atoms with Crippen LogP contribution in [0.25, 0.3) is 0 Å². The van der Waals surface area contributed by atoms with Crippen molar-refractivity contribution in [2.75, 3.05) is 6.54 Å². The largest absolute Gasteiger partial charge is 0.487 e. The maximum Gasteiger partial charge on any atom is 0.273 e. The van der Waals surface area contributed by atoms with Crippen molar-refractivity contribution in [3.05, 3.63) is 99.0 Å². The number of nitrogens with two attached hydrogens (primary N) is 1. The third kappa shape index (κ3) is 6.41. The molecule has 0 aliphatic heterocycles. The highest BCUT2D eigenvalue weighted by Gasteiger charge is 2.12. The summed E-state index contributed by atoms with van der Waals surface area (Å²) in [4.78, 5) is 12.6. The van der Waals surface area contributed by atoms with Crippen molar-refractivity contribution >= 4 is 11.6 Å². The first-order valence-corrected chi connectivity index (χ1v) is 9.40. The van der Waals surface area contributed by atoms with Gasteiger partial charge < -0.3 is 15.0 Å². The van der Waals surface area contributed by atoms with E-state index < -0.39 is 17.2 Å². The predicted molar refractivity (Wildman–Crippen MR) is 112 cm³/mol. The van der Waals surface area contributed by atoms with Gasteiger partial charge in [0.2, 0.25) is 0 Å². The zero-order chi connectivity index (χ0) is 21.4. The fourth-order valence-electron chi connectivity index (χ4n) is 2.64. The van der Waals surface area contributed by atoms with Gasteiger partial charge >= 0.3 is 0 Å². The molecule has 2 rings (SSSR count). The lowest BCUT2D eigenvalue weighted by Crippen LogP contribution is -2.21. The topological polar surface area (TPSA) is 57.2 Å². The van der Waals surface area contributed by atoms with Crippen molar-refractivity contribution < 1.29 is 13.5 Å². The van der Waals surface area contributed by atoms with Crippen molar-refractivity contribution in [2.24, 2.45) is 5.73 Å². The van der Waals surface area contributed by atoms with Crippen LogP contribution in [0.2, 0.25) is 5.02 Å². The van der Waals surface area contributed by atoms with Gasteiger partial charge in [0.15, 0.2) is 0 Å². The smallest absolute Gasteiger partial charge is 0.273 e. The average molecular weight is 421 g/mol. The Hall–Kier alpha value is -2.70. The van der Waals surface area contributed by atoms with Crippen LogP contribution in [0.1, 0.15) is 18.9 Å². The molecule has 2 aromatic rings. The second kappa shape index (κ2) is 10.7. The van der Waals surface area contributed by atoms with Crippen molar-refractivity contribution in [3.63, 3.8) is 0 Å². The lowest BCUT2D eigenvalue weighted by Gasteiger charge is -2.12. The van der Waals surface area contributed by atoms with Crippen LogP contribution < -0.4 is 16.0 Å². The average Bonchev–Trinajstić information content (AvgIpc) is 2.66. The number of rotatable bonds is 9. The maximum atomic E-state index is 13.7. The summed E-state index contributed by atoms with van der Waals surface area (Å²) in [5, 5.41) is -0.115. The normalized spacial score (nSPS) is 11.8. The third-order valence-corrected chi connectivity index (χ3v) is 4.41. The number of benzene rings is 1. The molecule has 1 aromatic heterocycles. The molecule has 0 bridgehead atoms. The van der Waals surface area contributed by atoms with Crippen LogP contribution in [0, 0.1) is 11.6 Å². The Kier molecular flexibility index (Phi) is 8.36. The number of pyridine rings is 1. The number of hydrogen-bond acceptors (Lipinski definition) is 3. The molecular formula is C22H23ClF2N2O2. The van der Waals surface area contributed by atoms with Crippen LogP contribution in [0.4, 0.5) is 8.78 Å². The van der Waals surface area contributed by atoms with Crippen LogP contribution in [0.3, 0.4) is 0 Å². The summed E-state index contributed by atoms with van der Waals surface area (Å²) in [7, 11) is 0. The molecular weight excluding hydrogens is 398 g/mol. The van der Waals surface area contributed by atoms with Gasteiger partial charge in [0, 0.05) is 17.8 Å². The zero-order valence-corrected chi connectivity index (χ0v) is 16.9. The molecule has 0 unspecified atom stereocenters. The van der Waals surface area contributed by atoms with Crippen LogP contribution in [-0.2, 0) is 13.2 Å². The minimum absolute atomic E-state index is 0.115. The van der Waals surface area contributed by atoms with E-state index in [0.717, 1.165) is 23.3 Å². The number of ether oxygens (including phenoxy) is 1. The molecule has 29 heavy (non-hydrogen) atoms. The number of aromatic nitrogens is 1. The van der Waals surface area contributed by atoms with E-state index in [9.17, 15) is 13.6 Å². The monoisotopic (exact) mass is 420 g/mol. The lowest BCUT2D eigenvalue weighted by atomic mass is 10.1. The Morgan fingerprint density at radius 1 is 1.34 bits per heavy atom. The van der Waals surface area contributed by atoms with Crippen LogP contribution in [-0.4, -0.2) is 11.1 Å². The van der Waals surface area contributed by atoms with E-state index in [1.807, 2.05) is 25.2 Å². The van der Waals surface area contributed by atoms with E-state index in [1.165, 1.54) is 16.7 Å². The van der Waals surface area contributed by atoms with E-state index in [2.05, 4.69) is 6.58 Å². The summed E-state index contributed by atoms with van der Waals surface area (Å²) in [5.74, 6) is -1.28. The third-order valence-electron chi connectivity index (χ3n) is 4.06. The quantitative estimate of drug-likeness (QED) is 0.595. The Morgan fingerprint density at radius 3 is 2.76 bits per heavy atom. The summed E-state index contributed by atoms with van der Waals surface area (Å²) in [5.41, 5.74) is 6.99. The molecule has 0 fully saturated rings. The van der Waals surface area contributed by atoms with Crippen molar-refractivity contribution in [3.8, 4) is 5.75 Å². The summed E-state index contributed by atoms with van der Waals surface area (Å²) in [6, 6.07) is 4.72. The second-order valence-corrected chi connectivity index (χ2v) is 6.75. The Balaban J connectivity index is 2.19. The van der Waals surface area contributed by atoms with Crippen LogP contribution in [0.15, 0.2) is 71.2 Å². The Bertz CT molecular complexity index is 997. The number of hydrogen-bond donors (Lipinski definition) is 1. The van der Waals surface area contributed by atoms with E-state index in [-0.39, 0.29) is 22.9 Å². The highest BCUT2D eigenvalue weighted by molar-refractivity contribution is 6.31. The minimum atomic E-state index is -0.728. The molecule has 7 heteroatoms. The van der Waals surface area contributed by atoms with Crippen LogP contribution in [0.5, 0.6) is 5.75 Å². The molecule has 0 saturated heterocycles. The van der Waals surface area contributed by atoms with Crippen molar-refractivity contribution in [1.29, 1.82) is 0 Å². The SMILES string of the molecule is C=C(/C=C(\C=C/C)Cn1ccc(OCc2ccc(F)cc2F)c(Cl)c1=O)CCN. The zero-order valence-electron chi connectivity index (χ0n) is 16.1. The summed E-state index contributed by atoms with van der Waals surface area (Å²) in [6.07, 6.45) is 7.83. The maximum absolute atomic E-state index is 13.7. The summed E-state index contributed by atoms with van der Waals surface area (Å²) in [6.45, 7) is 6.43. The highest BCUT2D eigenvalue weighted by atomic mass is 35.5. The molecule has 0 spiro atoms. The first-order chi connectivity index (χ1) is 13.8. The number of halogens is 3. The van der Waals surface area contributed by atoms with Crippen molar-refractivity contribution in [1.82, 2.24) is 4.57 Å². The predicted octanol–water partition coefficient (Wildman–Crippen LogP) is 4.77. The van der Waals surface area contributed by atoms with Gasteiger partial charge in [0.1, 0.15) is 29.0 Å². The van der Waals surface area contributed by atoms with E-state index >= 15 is 0 Å². The molecule has 1 aromatic carbocycles. The molecule has 4 nitrogen and oxygen atoms in total. The van der Waals surface area contributed by atoms with Gasteiger partial charge in [-0.2, -0.15) is 0 Å². The highest BCUT2D eigenvalue weighted by Crippen LogP contribution is 2.22. The fraction of sp³-hybridized carbons (Fsp3) is 0.227. The molecule has 1 heterocycles. The molecule has 0 aliphatic rings. The molecule has 154 valence electrons. The van der Waals surface area contributed by atoms with Gasteiger partial charge in [0.25, 0.3) is 5.56 Å². The molecule has 2 N–H and O–H groups in total. The fourth-order valence-corrected chi connectivity index (χ4v) is 2.86. The van der Waals surface area contributed by atoms with Gasteiger partial charge in [-0.1, -0.05) is 42.0 Å². The lowest BCUT2D eigenvalue weighted by molar-refractivity contribution is 0.298. The van der Waals surface area contributed by atoms with Gasteiger partial charge in [-0.3, -0.25) is 4.79 Å². The van der Waals surface area contributed by atoms with Gasteiger partial charge in [-0.25, -0.2) is 8.78 Å². The second-order valence-electron chi connectivity index (χ2n) is 6.37. The Labute approximate surface area is 173 Å². The van der Waals surface area contributed by atoms with Gasteiger partial charge in [-0.15, -0.1) is 0 Å². The van der Waals surface area contributed by atoms with Gasteiger partial charge in [0.05, 0.1) is 6.54 Å². The first kappa shape index (κ1) is 22.6. The number of nitrogens with zero attached hydrogens (tertiary/aromatic N) is 1. The van der Waals surface area contributed by atoms with Crippen LogP contribution >= 0.6 is 11.6 Å². The van der Waals surface area contributed by atoms with E-state index in [1.54, 1.807) is 6.20 Å². The summed E-state index contributed by atoms with van der Waals surface area (Å²) >= 11 is 6.16. The minimum Gasteiger partial charge on any atom is -0.487 e. The van der Waals surface area contributed by atoms with E-state index in [4.69, 9.17) is 22.1 Å².